The normalized spacial score (nSPS) is 24.4. The fraction of sp³-hybridized carbons (Fsp3) is 0.500. The summed E-state index contributed by atoms with van der Waals surface area (Å²) in [5, 5.41) is -0.184. The molecule has 1 atom stereocenters. The summed E-state index contributed by atoms with van der Waals surface area (Å²) in [7, 11) is -3.16. The Morgan fingerprint density at radius 3 is 2.76 bits per heavy atom. The van der Waals surface area contributed by atoms with Gasteiger partial charge < -0.3 is 4.74 Å². The van der Waals surface area contributed by atoms with Crippen molar-refractivity contribution < 1.29 is 13.2 Å². The summed E-state index contributed by atoms with van der Waals surface area (Å²) in [6.07, 6.45) is 1.56. The lowest BCUT2D eigenvalue weighted by Crippen LogP contribution is -2.36. The van der Waals surface area contributed by atoms with Crippen LogP contribution < -0.4 is 4.72 Å². The van der Waals surface area contributed by atoms with Crippen LogP contribution in [0.1, 0.15) is 30.0 Å². The first-order valence-electron chi connectivity index (χ1n) is 5.83. The number of fused-ring (bicyclic) bond motifs is 1. The first kappa shape index (κ1) is 11.2. The van der Waals surface area contributed by atoms with Crippen LogP contribution in [0.2, 0.25) is 0 Å². The molecule has 0 aromatic heterocycles. The van der Waals surface area contributed by atoms with Crippen LogP contribution in [-0.2, 0) is 21.4 Å². The van der Waals surface area contributed by atoms with Crippen LogP contribution in [0.25, 0.3) is 0 Å². The Balaban J connectivity index is 1.85. The second-order valence-corrected chi connectivity index (χ2v) is 6.62. The zero-order valence-corrected chi connectivity index (χ0v) is 10.2. The first-order valence-corrected chi connectivity index (χ1v) is 7.38. The Morgan fingerprint density at radius 2 is 2.00 bits per heavy atom. The van der Waals surface area contributed by atoms with Crippen LogP contribution in [0.3, 0.4) is 0 Å². The Bertz CT molecular complexity index is 522. The summed E-state index contributed by atoms with van der Waals surface area (Å²) in [6.45, 7) is 0.987. The Labute approximate surface area is 101 Å². The number of hydrogen-bond donors (Lipinski definition) is 1. The average molecular weight is 253 g/mol. The minimum Gasteiger partial charge on any atom is -0.375 e. The fourth-order valence-electron chi connectivity index (χ4n) is 2.15. The molecule has 1 aromatic rings. The van der Waals surface area contributed by atoms with Gasteiger partial charge in [0.1, 0.15) is 0 Å². The average Bonchev–Trinajstić information content (AvgIpc) is 3.13. The predicted molar refractivity (Wildman–Crippen MR) is 63.9 cm³/mol. The van der Waals surface area contributed by atoms with E-state index in [1.54, 1.807) is 0 Å². The lowest BCUT2D eigenvalue weighted by Gasteiger charge is -2.26. The quantitative estimate of drug-likeness (QED) is 0.884. The van der Waals surface area contributed by atoms with Crippen molar-refractivity contribution in [2.24, 2.45) is 0 Å². The number of nitrogens with one attached hydrogen (secondary N) is 1. The van der Waals surface area contributed by atoms with Gasteiger partial charge in [-0.05, 0) is 24.0 Å². The highest BCUT2D eigenvalue weighted by Crippen LogP contribution is 2.31. The van der Waals surface area contributed by atoms with Crippen LogP contribution in [0.4, 0.5) is 0 Å². The van der Waals surface area contributed by atoms with Crippen molar-refractivity contribution in [3.63, 3.8) is 0 Å². The predicted octanol–water partition coefficient (Wildman–Crippen LogP) is 1.34. The van der Waals surface area contributed by atoms with Crippen LogP contribution >= 0.6 is 0 Å². The molecule has 1 N–H and O–H groups in total. The molecule has 1 unspecified atom stereocenters. The summed E-state index contributed by atoms with van der Waals surface area (Å²) >= 11 is 0. The third kappa shape index (κ3) is 2.22. The lowest BCUT2D eigenvalue weighted by molar-refractivity contribution is 0.0882. The van der Waals surface area contributed by atoms with E-state index in [1.165, 1.54) is 0 Å². The first-order chi connectivity index (χ1) is 8.17. The number of rotatable bonds is 3. The zero-order valence-electron chi connectivity index (χ0n) is 9.43. The van der Waals surface area contributed by atoms with Gasteiger partial charge >= 0.3 is 0 Å². The molecule has 1 fully saturated rings. The highest BCUT2D eigenvalue weighted by atomic mass is 32.2. The molecule has 0 bridgehead atoms. The largest absolute Gasteiger partial charge is 0.375 e. The van der Waals surface area contributed by atoms with Crippen molar-refractivity contribution in [1.82, 2.24) is 4.72 Å². The van der Waals surface area contributed by atoms with Crippen molar-refractivity contribution in [2.45, 2.75) is 30.7 Å². The van der Waals surface area contributed by atoms with E-state index < -0.39 is 10.0 Å². The van der Waals surface area contributed by atoms with Gasteiger partial charge in [-0.25, -0.2) is 13.1 Å². The summed E-state index contributed by atoms with van der Waals surface area (Å²) in [4.78, 5) is 0. The fourth-order valence-corrected chi connectivity index (χ4v) is 3.69. The van der Waals surface area contributed by atoms with Gasteiger partial charge in [-0.15, -0.1) is 0 Å². The highest BCUT2D eigenvalue weighted by molar-refractivity contribution is 7.90. The molecular weight excluding hydrogens is 238 g/mol. The molecule has 3 rings (SSSR count). The highest BCUT2D eigenvalue weighted by Gasteiger charge is 2.38. The maximum absolute atomic E-state index is 11.9. The van der Waals surface area contributed by atoms with E-state index in [0.717, 1.165) is 24.0 Å². The molecule has 92 valence electrons. The molecule has 2 aliphatic rings. The summed E-state index contributed by atoms with van der Waals surface area (Å²) < 4.78 is 32.0. The summed E-state index contributed by atoms with van der Waals surface area (Å²) in [5.41, 5.74) is 2.12. The SMILES string of the molecule is O=S(=O)(NC1COCc2ccccc21)C1CC1. The van der Waals surface area contributed by atoms with Gasteiger partial charge in [-0.1, -0.05) is 24.3 Å². The molecule has 0 radical (unpaired) electrons. The minimum atomic E-state index is -3.16. The van der Waals surface area contributed by atoms with Gasteiger partial charge in [0, 0.05) is 0 Å². The van der Waals surface area contributed by atoms with Crippen LogP contribution in [0, 0.1) is 0 Å². The van der Waals surface area contributed by atoms with Gasteiger partial charge in [0.05, 0.1) is 24.5 Å². The molecule has 17 heavy (non-hydrogen) atoms. The van der Waals surface area contributed by atoms with Gasteiger partial charge in [0.15, 0.2) is 0 Å². The topological polar surface area (TPSA) is 55.4 Å². The van der Waals surface area contributed by atoms with E-state index in [2.05, 4.69) is 4.72 Å². The molecule has 1 aliphatic heterocycles. The summed E-state index contributed by atoms with van der Waals surface area (Å²) in [6, 6.07) is 7.60. The summed E-state index contributed by atoms with van der Waals surface area (Å²) in [5.74, 6) is 0. The van der Waals surface area contributed by atoms with Gasteiger partial charge in [0.2, 0.25) is 10.0 Å². The maximum Gasteiger partial charge on any atom is 0.215 e. The van der Waals surface area contributed by atoms with Crippen LogP contribution in [0.15, 0.2) is 24.3 Å². The minimum absolute atomic E-state index is 0.184. The molecule has 1 saturated carbocycles. The van der Waals surface area contributed by atoms with E-state index in [0.29, 0.717) is 13.2 Å². The number of ether oxygens (including phenoxy) is 1. The molecule has 0 amide bonds. The van der Waals surface area contributed by atoms with Crippen molar-refractivity contribution in [3.05, 3.63) is 35.4 Å². The Kier molecular flexibility index (Phi) is 2.69. The van der Waals surface area contributed by atoms with Crippen molar-refractivity contribution in [3.8, 4) is 0 Å². The standard InChI is InChI=1S/C12H15NO3S/c14-17(15,10-5-6-10)13-12-8-16-7-9-3-1-2-4-11(9)12/h1-4,10,12-13H,5-8H2. The van der Waals surface area contributed by atoms with Gasteiger partial charge in [0.25, 0.3) is 0 Å². The van der Waals surface area contributed by atoms with E-state index in [1.807, 2.05) is 24.3 Å². The van der Waals surface area contributed by atoms with Crippen LogP contribution in [-0.4, -0.2) is 20.3 Å². The maximum atomic E-state index is 11.9. The third-order valence-corrected chi connectivity index (χ3v) is 5.20. The Hall–Kier alpha value is -0.910. The van der Waals surface area contributed by atoms with Crippen molar-refractivity contribution in [1.29, 1.82) is 0 Å². The van der Waals surface area contributed by atoms with E-state index in [-0.39, 0.29) is 11.3 Å². The third-order valence-electron chi connectivity index (χ3n) is 3.24. The van der Waals surface area contributed by atoms with Gasteiger partial charge in [-0.3, -0.25) is 0 Å². The monoisotopic (exact) mass is 253 g/mol. The second-order valence-electron chi connectivity index (χ2n) is 4.63. The Morgan fingerprint density at radius 1 is 1.24 bits per heavy atom. The molecule has 1 aliphatic carbocycles. The molecule has 5 heteroatoms. The molecule has 1 aromatic carbocycles. The smallest absolute Gasteiger partial charge is 0.215 e. The van der Waals surface area contributed by atoms with Gasteiger partial charge in [-0.2, -0.15) is 0 Å². The zero-order chi connectivity index (χ0) is 11.9. The van der Waals surface area contributed by atoms with Crippen LogP contribution in [0.5, 0.6) is 0 Å². The number of sulfonamides is 1. The molecule has 4 nitrogen and oxygen atoms in total. The second kappa shape index (κ2) is 4.08. The number of hydrogen-bond acceptors (Lipinski definition) is 3. The van der Waals surface area contributed by atoms with Crippen molar-refractivity contribution in [2.75, 3.05) is 6.61 Å². The van der Waals surface area contributed by atoms with E-state index >= 15 is 0 Å². The lowest BCUT2D eigenvalue weighted by atomic mass is 10.0. The molecule has 0 saturated heterocycles. The number of benzene rings is 1. The molecule has 0 spiro atoms. The molecular formula is C12H15NO3S. The van der Waals surface area contributed by atoms with Crippen molar-refractivity contribution >= 4 is 10.0 Å². The molecule has 1 heterocycles. The van der Waals surface area contributed by atoms with E-state index in [9.17, 15) is 8.42 Å². The van der Waals surface area contributed by atoms with E-state index in [4.69, 9.17) is 4.74 Å².